The van der Waals surface area contributed by atoms with Gasteiger partial charge in [0.05, 0.1) is 0 Å². The van der Waals surface area contributed by atoms with Gasteiger partial charge < -0.3 is 9.80 Å². The predicted molar refractivity (Wildman–Crippen MR) is 185 cm³/mol. The Kier molecular flexibility index (Phi) is 31.8. The molecular weight excluding hydrogens is 484 g/mol. The standard InChI is InChI=1S/C38H80N2/c1-7-9-11-13-15-17-19-21-22-23-24-26-28-30-32-34-36-38(40(5)6)37(39(3)4)35-33-31-29-27-25-20-18-16-14-12-10-8-2/h37-38H,7-36H2,1-6H3. The van der Waals surface area contributed by atoms with Crippen molar-refractivity contribution in [3.05, 3.63) is 0 Å². The third-order valence-electron chi connectivity index (χ3n) is 9.48. The van der Waals surface area contributed by atoms with Crippen molar-refractivity contribution in [2.45, 2.75) is 219 Å². The highest BCUT2D eigenvalue weighted by molar-refractivity contribution is 4.82. The van der Waals surface area contributed by atoms with Crippen molar-refractivity contribution in [3.63, 3.8) is 0 Å². The number of hydrogen-bond acceptors (Lipinski definition) is 2. The van der Waals surface area contributed by atoms with Crippen molar-refractivity contribution >= 4 is 0 Å². The van der Waals surface area contributed by atoms with Crippen LogP contribution < -0.4 is 0 Å². The lowest BCUT2D eigenvalue weighted by atomic mass is 9.93. The summed E-state index contributed by atoms with van der Waals surface area (Å²) in [4.78, 5) is 5.05. The molecule has 0 aromatic rings. The third kappa shape index (κ3) is 26.8. The summed E-state index contributed by atoms with van der Waals surface area (Å²) in [6, 6.07) is 1.41. The molecule has 0 saturated carbocycles. The van der Waals surface area contributed by atoms with Crippen molar-refractivity contribution in [3.8, 4) is 0 Å². The van der Waals surface area contributed by atoms with Crippen LogP contribution in [0.5, 0.6) is 0 Å². The summed E-state index contributed by atoms with van der Waals surface area (Å²) >= 11 is 0. The molecule has 0 N–H and O–H groups in total. The summed E-state index contributed by atoms with van der Waals surface area (Å²) in [5.41, 5.74) is 0. The molecule has 0 rings (SSSR count). The van der Waals surface area contributed by atoms with Crippen LogP contribution in [0.4, 0.5) is 0 Å². The predicted octanol–water partition coefficient (Wildman–Crippen LogP) is 12.6. The molecule has 242 valence electrons. The Morgan fingerprint density at radius 3 is 0.625 bits per heavy atom. The van der Waals surface area contributed by atoms with Gasteiger partial charge >= 0.3 is 0 Å². The van der Waals surface area contributed by atoms with E-state index in [9.17, 15) is 0 Å². The van der Waals surface area contributed by atoms with Gasteiger partial charge in [-0.25, -0.2) is 0 Å². The second-order valence-electron chi connectivity index (χ2n) is 13.8. The number of unbranched alkanes of at least 4 members (excludes halogenated alkanes) is 26. The van der Waals surface area contributed by atoms with Crippen LogP contribution in [0.25, 0.3) is 0 Å². The van der Waals surface area contributed by atoms with E-state index in [1.165, 1.54) is 193 Å². The fraction of sp³-hybridized carbons (Fsp3) is 1.00. The van der Waals surface area contributed by atoms with E-state index < -0.39 is 0 Å². The van der Waals surface area contributed by atoms with Crippen molar-refractivity contribution in [1.29, 1.82) is 0 Å². The molecule has 40 heavy (non-hydrogen) atoms. The Bertz CT molecular complexity index is 460. The second kappa shape index (κ2) is 31.8. The van der Waals surface area contributed by atoms with Crippen LogP contribution in [0.3, 0.4) is 0 Å². The number of rotatable bonds is 33. The molecule has 0 aromatic carbocycles. The minimum absolute atomic E-state index is 0.703. The molecule has 2 atom stereocenters. The molecule has 0 aliphatic heterocycles. The highest BCUT2D eigenvalue weighted by Crippen LogP contribution is 2.21. The smallest absolute Gasteiger partial charge is 0.0245 e. The Labute approximate surface area is 256 Å². The molecule has 0 aliphatic rings. The summed E-state index contributed by atoms with van der Waals surface area (Å²) in [5, 5.41) is 0. The van der Waals surface area contributed by atoms with Crippen LogP contribution in [0.2, 0.25) is 0 Å². The topological polar surface area (TPSA) is 6.48 Å². The normalized spacial score (nSPS) is 13.5. The fourth-order valence-corrected chi connectivity index (χ4v) is 6.69. The first-order chi connectivity index (χ1) is 19.5. The van der Waals surface area contributed by atoms with Crippen LogP contribution in [0.15, 0.2) is 0 Å². The van der Waals surface area contributed by atoms with Gasteiger partial charge in [0.25, 0.3) is 0 Å². The third-order valence-corrected chi connectivity index (χ3v) is 9.48. The molecule has 0 radical (unpaired) electrons. The Balaban J connectivity index is 3.78. The summed E-state index contributed by atoms with van der Waals surface area (Å²) in [6.45, 7) is 4.62. The lowest BCUT2D eigenvalue weighted by Gasteiger charge is -2.37. The maximum Gasteiger partial charge on any atom is 0.0245 e. The molecule has 0 aliphatic carbocycles. The van der Waals surface area contributed by atoms with Crippen LogP contribution in [-0.4, -0.2) is 50.1 Å². The summed E-state index contributed by atoms with van der Waals surface area (Å²) in [6.07, 6.45) is 43.3. The van der Waals surface area contributed by atoms with Gasteiger partial charge in [0.15, 0.2) is 0 Å². The molecule has 2 heteroatoms. The van der Waals surface area contributed by atoms with Crippen molar-refractivity contribution in [1.82, 2.24) is 9.80 Å². The van der Waals surface area contributed by atoms with Gasteiger partial charge in [-0.15, -0.1) is 0 Å². The molecule has 0 spiro atoms. The molecular formula is C38H80N2. The molecule has 2 unspecified atom stereocenters. The van der Waals surface area contributed by atoms with Gasteiger partial charge in [0.2, 0.25) is 0 Å². The average Bonchev–Trinajstić information content (AvgIpc) is 2.93. The average molecular weight is 565 g/mol. The highest BCUT2D eigenvalue weighted by Gasteiger charge is 2.24. The Morgan fingerprint density at radius 1 is 0.275 bits per heavy atom. The van der Waals surface area contributed by atoms with E-state index in [1.807, 2.05) is 0 Å². The van der Waals surface area contributed by atoms with Gasteiger partial charge in [-0.3, -0.25) is 0 Å². The number of likely N-dealkylation sites (N-methyl/N-ethyl adjacent to an activating group) is 2. The van der Waals surface area contributed by atoms with Gasteiger partial charge in [0, 0.05) is 12.1 Å². The summed E-state index contributed by atoms with van der Waals surface area (Å²) in [7, 11) is 9.26. The zero-order chi connectivity index (χ0) is 29.5. The van der Waals surface area contributed by atoms with Gasteiger partial charge in [-0.2, -0.15) is 0 Å². The highest BCUT2D eigenvalue weighted by atomic mass is 15.2. The van der Waals surface area contributed by atoms with Gasteiger partial charge in [0.1, 0.15) is 0 Å². The lowest BCUT2D eigenvalue weighted by molar-refractivity contribution is 0.130. The molecule has 0 saturated heterocycles. The first kappa shape index (κ1) is 39.9. The van der Waals surface area contributed by atoms with Crippen LogP contribution in [0.1, 0.15) is 206 Å². The monoisotopic (exact) mass is 565 g/mol. The zero-order valence-electron chi connectivity index (χ0n) is 29.3. The fourth-order valence-electron chi connectivity index (χ4n) is 6.69. The maximum atomic E-state index is 2.52. The Morgan fingerprint density at radius 2 is 0.450 bits per heavy atom. The van der Waals surface area contributed by atoms with Crippen LogP contribution in [0, 0.1) is 0 Å². The SMILES string of the molecule is CCCCCCCCCCCCCCCCCCC(C(CCCCCCCCCCCCCC)N(C)C)N(C)C. The first-order valence-electron chi connectivity index (χ1n) is 18.9. The molecule has 0 aromatic heterocycles. The van der Waals surface area contributed by atoms with Crippen LogP contribution >= 0.6 is 0 Å². The summed E-state index contributed by atoms with van der Waals surface area (Å²) in [5.74, 6) is 0. The zero-order valence-corrected chi connectivity index (χ0v) is 29.3. The minimum atomic E-state index is 0.703. The Hall–Kier alpha value is -0.0800. The van der Waals surface area contributed by atoms with Gasteiger partial charge in [-0.05, 0) is 41.0 Å². The van der Waals surface area contributed by atoms with E-state index in [2.05, 4.69) is 51.8 Å². The molecule has 0 heterocycles. The van der Waals surface area contributed by atoms with E-state index >= 15 is 0 Å². The largest absolute Gasteiger partial charge is 0.305 e. The van der Waals surface area contributed by atoms with E-state index in [0.29, 0.717) is 12.1 Å². The van der Waals surface area contributed by atoms with Crippen molar-refractivity contribution in [2.75, 3.05) is 28.2 Å². The number of hydrogen-bond donors (Lipinski definition) is 0. The maximum absolute atomic E-state index is 2.52. The van der Waals surface area contributed by atoms with E-state index in [-0.39, 0.29) is 0 Å². The molecule has 2 nitrogen and oxygen atoms in total. The second-order valence-corrected chi connectivity index (χ2v) is 13.8. The van der Waals surface area contributed by atoms with E-state index in [4.69, 9.17) is 0 Å². The van der Waals surface area contributed by atoms with E-state index in [0.717, 1.165) is 0 Å². The molecule has 0 fully saturated rings. The van der Waals surface area contributed by atoms with Crippen molar-refractivity contribution < 1.29 is 0 Å². The lowest BCUT2D eigenvalue weighted by Crippen LogP contribution is -2.46. The van der Waals surface area contributed by atoms with Crippen molar-refractivity contribution in [2.24, 2.45) is 0 Å². The van der Waals surface area contributed by atoms with Crippen LogP contribution in [-0.2, 0) is 0 Å². The molecule has 0 amide bonds. The first-order valence-corrected chi connectivity index (χ1v) is 18.9. The quantitative estimate of drug-likeness (QED) is 0.0731. The van der Waals surface area contributed by atoms with E-state index in [1.54, 1.807) is 0 Å². The molecule has 0 bridgehead atoms. The number of nitrogens with zero attached hydrogens (tertiary/aromatic N) is 2. The summed E-state index contributed by atoms with van der Waals surface area (Å²) < 4.78 is 0. The van der Waals surface area contributed by atoms with Gasteiger partial charge in [-0.1, -0.05) is 194 Å². The minimum Gasteiger partial charge on any atom is -0.305 e.